The number of tetrazole rings is 1. The van der Waals surface area contributed by atoms with Crippen LogP contribution in [0.4, 0.5) is 0 Å². The zero-order chi connectivity index (χ0) is 14.8. The Morgan fingerprint density at radius 1 is 1.24 bits per heavy atom. The van der Waals surface area contributed by atoms with Crippen molar-refractivity contribution < 1.29 is 9.53 Å². The summed E-state index contributed by atoms with van der Waals surface area (Å²) in [5, 5.41) is 15.1. The molecule has 0 aliphatic carbocycles. The Hall–Kier alpha value is -3.03. The predicted octanol–water partition coefficient (Wildman–Crippen LogP) is 1.01. The quantitative estimate of drug-likeness (QED) is 0.713. The molecule has 8 nitrogen and oxygen atoms in total. The van der Waals surface area contributed by atoms with E-state index in [2.05, 4.69) is 20.6 Å². The van der Waals surface area contributed by atoms with E-state index in [4.69, 9.17) is 4.74 Å². The van der Waals surface area contributed by atoms with E-state index in [1.165, 1.54) is 9.53 Å². The number of benzene rings is 1. The van der Waals surface area contributed by atoms with Crippen molar-refractivity contribution in [3.63, 3.8) is 0 Å². The summed E-state index contributed by atoms with van der Waals surface area (Å²) in [5.41, 5.74) is 1.07. The van der Waals surface area contributed by atoms with Gasteiger partial charge in [-0.2, -0.15) is 0 Å². The molecule has 0 saturated heterocycles. The van der Waals surface area contributed by atoms with Gasteiger partial charge in [0.1, 0.15) is 5.75 Å². The molecule has 0 radical (unpaired) electrons. The maximum atomic E-state index is 11.9. The highest BCUT2D eigenvalue weighted by atomic mass is 16.5. The summed E-state index contributed by atoms with van der Waals surface area (Å²) in [6.45, 7) is 0. The standard InChI is InChI=1S/C13H12N6O2/c1-18(2)13(20)9-4-3-5-10(8-9)21-12-7-6-11-14-16-17-19(11)15-12/h3-8H,1-2H3. The molecule has 0 aliphatic rings. The summed E-state index contributed by atoms with van der Waals surface area (Å²) < 4.78 is 6.90. The van der Waals surface area contributed by atoms with Gasteiger partial charge in [0.25, 0.3) is 5.91 Å². The van der Waals surface area contributed by atoms with Gasteiger partial charge < -0.3 is 9.64 Å². The third-order valence-corrected chi connectivity index (χ3v) is 2.75. The topological polar surface area (TPSA) is 85.5 Å². The van der Waals surface area contributed by atoms with Crippen molar-refractivity contribution in [3.05, 3.63) is 42.0 Å². The SMILES string of the molecule is CN(C)C(=O)c1cccc(Oc2ccc3nnnn3n2)c1. The fourth-order valence-corrected chi connectivity index (χ4v) is 1.76. The molecule has 0 saturated carbocycles. The molecular formula is C13H12N6O2. The van der Waals surface area contributed by atoms with Gasteiger partial charge in [0.05, 0.1) is 0 Å². The van der Waals surface area contributed by atoms with Crippen molar-refractivity contribution in [2.45, 2.75) is 0 Å². The van der Waals surface area contributed by atoms with Gasteiger partial charge in [-0.15, -0.1) is 14.8 Å². The Labute approximate surface area is 119 Å². The van der Waals surface area contributed by atoms with Crippen LogP contribution < -0.4 is 4.74 Å². The number of rotatable bonds is 3. The number of hydrogen-bond donors (Lipinski definition) is 0. The molecule has 0 aliphatic heterocycles. The minimum atomic E-state index is -0.0932. The lowest BCUT2D eigenvalue weighted by Gasteiger charge is -2.11. The van der Waals surface area contributed by atoms with Gasteiger partial charge in [0.2, 0.25) is 5.88 Å². The molecule has 0 unspecified atom stereocenters. The number of ether oxygens (including phenoxy) is 1. The zero-order valence-electron chi connectivity index (χ0n) is 11.5. The lowest BCUT2D eigenvalue weighted by molar-refractivity contribution is 0.0827. The highest BCUT2D eigenvalue weighted by molar-refractivity contribution is 5.94. The summed E-state index contributed by atoms with van der Waals surface area (Å²) in [5.74, 6) is 0.760. The zero-order valence-corrected chi connectivity index (χ0v) is 11.5. The first-order chi connectivity index (χ1) is 10.1. The molecule has 0 bridgehead atoms. The largest absolute Gasteiger partial charge is 0.437 e. The fraction of sp³-hybridized carbons (Fsp3) is 0.154. The lowest BCUT2D eigenvalue weighted by atomic mass is 10.2. The molecule has 2 heterocycles. The van der Waals surface area contributed by atoms with Crippen LogP contribution in [-0.2, 0) is 0 Å². The van der Waals surface area contributed by atoms with Gasteiger partial charge in [-0.05, 0) is 34.7 Å². The van der Waals surface area contributed by atoms with Crippen LogP contribution >= 0.6 is 0 Å². The van der Waals surface area contributed by atoms with E-state index < -0.39 is 0 Å². The highest BCUT2D eigenvalue weighted by Gasteiger charge is 2.09. The van der Waals surface area contributed by atoms with Crippen LogP contribution in [0.15, 0.2) is 36.4 Å². The van der Waals surface area contributed by atoms with Gasteiger partial charge in [-0.1, -0.05) is 6.07 Å². The summed E-state index contributed by atoms with van der Waals surface area (Å²) in [4.78, 5) is 13.4. The van der Waals surface area contributed by atoms with Gasteiger partial charge in [-0.25, -0.2) is 0 Å². The molecule has 3 aromatic rings. The van der Waals surface area contributed by atoms with E-state index in [0.717, 1.165) is 0 Å². The molecule has 1 aromatic carbocycles. The van der Waals surface area contributed by atoms with E-state index in [1.807, 2.05) is 0 Å². The van der Waals surface area contributed by atoms with E-state index in [0.29, 0.717) is 22.8 Å². The van der Waals surface area contributed by atoms with Crippen molar-refractivity contribution in [2.75, 3.05) is 14.1 Å². The Bertz CT molecular complexity index is 798. The van der Waals surface area contributed by atoms with Crippen LogP contribution in [0.3, 0.4) is 0 Å². The van der Waals surface area contributed by atoms with Crippen molar-refractivity contribution in [1.29, 1.82) is 0 Å². The molecule has 3 rings (SSSR count). The smallest absolute Gasteiger partial charge is 0.253 e. The fourth-order valence-electron chi connectivity index (χ4n) is 1.76. The first-order valence-corrected chi connectivity index (χ1v) is 6.18. The third-order valence-electron chi connectivity index (χ3n) is 2.75. The Balaban J connectivity index is 1.87. The third kappa shape index (κ3) is 2.64. The average molecular weight is 284 g/mol. The van der Waals surface area contributed by atoms with Crippen LogP contribution in [0.5, 0.6) is 11.6 Å². The second-order valence-corrected chi connectivity index (χ2v) is 4.53. The van der Waals surface area contributed by atoms with E-state index in [1.54, 1.807) is 50.5 Å². The molecule has 8 heteroatoms. The molecule has 0 N–H and O–H groups in total. The number of carbonyl (C=O) groups excluding carboxylic acids is 1. The lowest BCUT2D eigenvalue weighted by Crippen LogP contribution is -2.21. The summed E-state index contributed by atoms with van der Waals surface area (Å²) in [6.07, 6.45) is 0. The van der Waals surface area contributed by atoms with E-state index in [-0.39, 0.29) is 5.91 Å². The summed E-state index contributed by atoms with van der Waals surface area (Å²) in [6, 6.07) is 10.2. The van der Waals surface area contributed by atoms with Crippen LogP contribution in [0.1, 0.15) is 10.4 Å². The van der Waals surface area contributed by atoms with Crippen LogP contribution in [0.25, 0.3) is 5.65 Å². The Morgan fingerprint density at radius 3 is 2.90 bits per heavy atom. The van der Waals surface area contributed by atoms with Crippen LogP contribution in [0, 0.1) is 0 Å². The monoisotopic (exact) mass is 284 g/mol. The van der Waals surface area contributed by atoms with E-state index >= 15 is 0 Å². The molecular weight excluding hydrogens is 272 g/mol. The van der Waals surface area contributed by atoms with Gasteiger partial charge in [0, 0.05) is 25.7 Å². The number of hydrogen-bond acceptors (Lipinski definition) is 6. The highest BCUT2D eigenvalue weighted by Crippen LogP contribution is 2.20. The Morgan fingerprint density at radius 2 is 2.10 bits per heavy atom. The minimum absolute atomic E-state index is 0.0932. The first kappa shape index (κ1) is 13.0. The summed E-state index contributed by atoms with van der Waals surface area (Å²) >= 11 is 0. The number of amides is 1. The van der Waals surface area contributed by atoms with Gasteiger partial charge >= 0.3 is 0 Å². The van der Waals surface area contributed by atoms with Crippen molar-refractivity contribution >= 4 is 11.6 Å². The maximum absolute atomic E-state index is 11.9. The number of carbonyl (C=O) groups is 1. The number of fused-ring (bicyclic) bond motifs is 1. The number of aromatic nitrogens is 5. The normalized spacial score (nSPS) is 10.6. The maximum Gasteiger partial charge on any atom is 0.253 e. The van der Waals surface area contributed by atoms with Crippen LogP contribution in [0.2, 0.25) is 0 Å². The van der Waals surface area contributed by atoms with Crippen molar-refractivity contribution in [3.8, 4) is 11.6 Å². The molecule has 0 atom stereocenters. The molecule has 0 fully saturated rings. The average Bonchev–Trinajstić information content (AvgIpc) is 2.94. The molecule has 0 spiro atoms. The Kier molecular flexibility index (Phi) is 3.19. The van der Waals surface area contributed by atoms with Crippen molar-refractivity contribution in [2.24, 2.45) is 0 Å². The second-order valence-electron chi connectivity index (χ2n) is 4.53. The number of nitrogens with zero attached hydrogens (tertiary/aromatic N) is 6. The predicted molar refractivity (Wildman–Crippen MR) is 73.1 cm³/mol. The van der Waals surface area contributed by atoms with Crippen molar-refractivity contribution in [1.82, 2.24) is 30.2 Å². The minimum Gasteiger partial charge on any atom is -0.437 e. The van der Waals surface area contributed by atoms with Gasteiger partial charge in [0.15, 0.2) is 5.65 Å². The molecule has 2 aromatic heterocycles. The summed E-state index contributed by atoms with van der Waals surface area (Å²) in [7, 11) is 3.39. The molecule has 106 valence electrons. The van der Waals surface area contributed by atoms with Gasteiger partial charge in [-0.3, -0.25) is 4.79 Å². The molecule has 1 amide bonds. The molecule has 21 heavy (non-hydrogen) atoms. The second kappa shape index (κ2) is 5.16. The van der Waals surface area contributed by atoms with Crippen LogP contribution in [-0.4, -0.2) is 50.2 Å². The van der Waals surface area contributed by atoms with E-state index in [9.17, 15) is 4.79 Å². The first-order valence-electron chi connectivity index (χ1n) is 6.18.